The fourth-order valence-corrected chi connectivity index (χ4v) is 5.35. The lowest BCUT2D eigenvalue weighted by Crippen LogP contribution is -2.30. The Kier molecular flexibility index (Phi) is 6.66. The zero-order valence-electron chi connectivity index (χ0n) is 23.3. The summed E-state index contributed by atoms with van der Waals surface area (Å²) in [6.45, 7) is 6.87. The maximum Gasteiger partial charge on any atom is 0.290 e. The summed E-state index contributed by atoms with van der Waals surface area (Å²) in [5, 5.41) is 8.02. The first-order valence-corrected chi connectivity index (χ1v) is 13.8. The Morgan fingerprint density at radius 3 is 2.70 bits per heavy atom. The second kappa shape index (κ2) is 10.2. The van der Waals surface area contributed by atoms with Gasteiger partial charge in [-0.3, -0.25) is 14.6 Å². The highest BCUT2D eigenvalue weighted by molar-refractivity contribution is 5.81. The molecule has 2 fully saturated rings. The van der Waals surface area contributed by atoms with Crippen molar-refractivity contribution < 1.29 is 14.3 Å². The molecule has 0 bridgehead atoms. The summed E-state index contributed by atoms with van der Waals surface area (Å²) < 4.78 is 15.5. The van der Waals surface area contributed by atoms with E-state index in [1.54, 1.807) is 23.0 Å². The van der Waals surface area contributed by atoms with E-state index in [0.717, 1.165) is 36.0 Å². The highest BCUT2D eigenvalue weighted by Crippen LogP contribution is 2.39. The molecular formula is C30H34N6O4. The Hall–Kier alpha value is -4.05. The molecule has 1 aliphatic heterocycles. The van der Waals surface area contributed by atoms with Gasteiger partial charge in [0, 0.05) is 43.6 Å². The summed E-state index contributed by atoms with van der Waals surface area (Å²) in [5.74, 6) is 2.48. The van der Waals surface area contributed by atoms with Crippen molar-refractivity contribution in [3.05, 3.63) is 64.3 Å². The molecule has 1 saturated heterocycles. The number of anilines is 2. The number of hydrogen-bond donors (Lipinski definition) is 1. The van der Waals surface area contributed by atoms with Crippen LogP contribution >= 0.6 is 0 Å². The van der Waals surface area contributed by atoms with Crippen molar-refractivity contribution in [2.24, 2.45) is 13.0 Å². The van der Waals surface area contributed by atoms with E-state index in [-0.39, 0.29) is 29.3 Å². The fraction of sp³-hybridized carbons (Fsp3) is 0.433. The molecule has 3 aromatic heterocycles. The van der Waals surface area contributed by atoms with Gasteiger partial charge < -0.3 is 19.4 Å². The van der Waals surface area contributed by atoms with E-state index < -0.39 is 0 Å². The van der Waals surface area contributed by atoms with Gasteiger partial charge >= 0.3 is 0 Å². The van der Waals surface area contributed by atoms with Crippen molar-refractivity contribution in [2.75, 3.05) is 11.9 Å². The quantitative estimate of drug-likeness (QED) is 0.318. The zero-order valence-corrected chi connectivity index (χ0v) is 23.3. The van der Waals surface area contributed by atoms with Crippen molar-refractivity contribution in [1.29, 1.82) is 0 Å². The molecule has 4 heterocycles. The van der Waals surface area contributed by atoms with Gasteiger partial charge in [-0.15, -0.1) is 0 Å². The van der Waals surface area contributed by atoms with Gasteiger partial charge in [-0.1, -0.05) is 0 Å². The molecule has 2 aliphatic rings. The third-order valence-corrected chi connectivity index (χ3v) is 7.46. The van der Waals surface area contributed by atoms with Crippen LogP contribution < -0.4 is 15.6 Å². The van der Waals surface area contributed by atoms with Crippen LogP contribution in [-0.4, -0.2) is 42.3 Å². The smallest absolute Gasteiger partial charge is 0.290 e. The van der Waals surface area contributed by atoms with E-state index >= 15 is 0 Å². The summed E-state index contributed by atoms with van der Waals surface area (Å²) in [6, 6.07) is 11.0. The molecule has 208 valence electrons. The third-order valence-electron chi connectivity index (χ3n) is 7.46. The Labute approximate surface area is 232 Å². The average Bonchev–Trinajstić information content (AvgIpc) is 3.63. The van der Waals surface area contributed by atoms with E-state index in [9.17, 15) is 9.59 Å². The van der Waals surface area contributed by atoms with E-state index in [1.165, 1.54) is 6.92 Å². The van der Waals surface area contributed by atoms with Crippen LogP contribution in [0.5, 0.6) is 11.5 Å². The largest absolute Gasteiger partial charge is 0.457 e. The Morgan fingerprint density at radius 2 is 1.98 bits per heavy atom. The van der Waals surface area contributed by atoms with Gasteiger partial charge in [-0.05, 0) is 64.3 Å². The monoisotopic (exact) mass is 542 g/mol. The number of aryl methyl sites for hydroxylation is 1. The molecule has 6 rings (SSSR count). The summed E-state index contributed by atoms with van der Waals surface area (Å²) in [7, 11) is 1.90. The Morgan fingerprint density at radius 1 is 1.18 bits per heavy atom. The van der Waals surface area contributed by atoms with Crippen molar-refractivity contribution in [3.63, 3.8) is 0 Å². The maximum absolute atomic E-state index is 13.5. The summed E-state index contributed by atoms with van der Waals surface area (Å²) >= 11 is 0. The van der Waals surface area contributed by atoms with Crippen LogP contribution in [0.15, 0.2) is 47.4 Å². The predicted octanol–water partition coefficient (Wildman–Crippen LogP) is 4.88. The molecule has 10 nitrogen and oxygen atoms in total. The van der Waals surface area contributed by atoms with Gasteiger partial charge in [-0.2, -0.15) is 5.10 Å². The van der Waals surface area contributed by atoms with Crippen LogP contribution in [0.3, 0.4) is 0 Å². The molecule has 1 saturated carbocycles. The van der Waals surface area contributed by atoms with E-state index in [4.69, 9.17) is 19.6 Å². The zero-order chi connectivity index (χ0) is 28.0. The van der Waals surface area contributed by atoms with Crippen LogP contribution in [-0.2, 0) is 29.5 Å². The van der Waals surface area contributed by atoms with Gasteiger partial charge in [0.05, 0.1) is 41.2 Å². The highest BCUT2D eigenvalue weighted by Gasteiger charge is 2.33. The molecule has 0 amide bonds. The second-order valence-corrected chi connectivity index (χ2v) is 11.6. The van der Waals surface area contributed by atoms with Gasteiger partial charge in [0.25, 0.3) is 5.56 Å². The lowest BCUT2D eigenvalue weighted by Gasteiger charge is -2.16. The van der Waals surface area contributed by atoms with Gasteiger partial charge in [-0.25, -0.2) is 9.67 Å². The molecule has 0 spiro atoms. The number of nitrogens with zero attached hydrogens (tertiary/aromatic N) is 5. The summed E-state index contributed by atoms with van der Waals surface area (Å²) in [5.41, 5.74) is 3.36. The maximum atomic E-state index is 13.5. The van der Waals surface area contributed by atoms with Crippen LogP contribution in [0.25, 0.3) is 11.0 Å². The molecule has 1 N–H and O–H groups in total. The number of fused-ring (bicyclic) bond motifs is 1. The SMILES string of the molecule is CC(=O)Cc1cc(Oc2ccc3nc(Nc4cc(C5CC5)nn(CC5COC(C)(C)C5)c4=O)n(C)c3c2)ccn1. The summed E-state index contributed by atoms with van der Waals surface area (Å²) in [4.78, 5) is 34.0. The number of hydrogen-bond acceptors (Lipinski definition) is 8. The first-order chi connectivity index (χ1) is 19.1. The molecule has 1 atom stereocenters. The van der Waals surface area contributed by atoms with Crippen molar-refractivity contribution in [1.82, 2.24) is 24.3 Å². The lowest BCUT2D eigenvalue weighted by molar-refractivity contribution is -0.116. The van der Waals surface area contributed by atoms with Gasteiger partial charge in [0.1, 0.15) is 23.0 Å². The van der Waals surface area contributed by atoms with E-state index in [0.29, 0.717) is 47.9 Å². The van der Waals surface area contributed by atoms with Gasteiger partial charge in [0.2, 0.25) is 5.95 Å². The first kappa shape index (κ1) is 26.2. The molecule has 0 radical (unpaired) electrons. The lowest BCUT2D eigenvalue weighted by atomic mass is 9.98. The molecular weight excluding hydrogens is 508 g/mol. The van der Waals surface area contributed by atoms with Crippen molar-refractivity contribution in [2.45, 2.75) is 64.5 Å². The first-order valence-electron chi connectivity index (χ1n) is 13.8. The number of ether oxygens (including phenoxy) is 2. The standard InChI is InChI=1S/C30H34N6O4/c1-18(37)11-21-12-23(9-10-31-21)40-22-7-8-24-27(13-22)35(4)29(32-24)33-26-14-25(20-5-6-20)34-36(28(26)38)16-19-15-30(2,3)39-17-19/h7-10,12-14,19-20H,5-6,11,15-17H2,1-4H3,(H,32,33). The van der Waals surface area contributed by atoms with Crippen LogP contribution in [0.1, 0.15) is 57.3 Å². The topological polar surface area (TPSA) is 113 Å². The average molecular weight is 543 g/mol. The minimum Gasteiger partial charge on any atom is -0.457 e. The number of aromatic nitrogens is 5. The number of ketones is 1. The minimum absolute atomic E-state index is 0.0442. The number of benzene rings is 1. The van der Waals surface area contributed by atoms with E-state index in [1.807, 2.05) is 35.9 Å². The number of Topliss-reactive ketones (excluding diaryl/α,β-unsaturated/α-hetero) is 1. The van der Waals surface area contributed by atoms with Gasteiger partial charge in [0.15, 0.2) is 0 Å². The summed E-state index contributed by atoms with van der Waals surface area (Å²) in [6.07, 6.45) is 4.97. The number of nitrogens with one attached hydrogen (secondary N) is 1. The number of imidazole rings is 1. The number of rotatable bonds is 9. The van der Waals surface area contributed by atoms with E-state index in [2.05, 4.69) is 24.1 Å². The van der Waals surface area contributed by atoms with Crippen molar-refractivity contribution in [3.8, 4) is 11.5 Å². The second-order valence-electron chi connectivity index (χ2n) is 11.6. The minimum atomic E-state index is -0.173. The van der Waals surface area contributed by atoms with Crippen molar-refractivity contribution >= 4 is 28.5 Å². The molecule has 1 aromatic carbocycles. The number of carbonyl (C=O) groups excluding carboxylic acids is 1. The Balaban J connectivity index is 1.26. The number of carbonyl (C=O) groups is 1. The highest BCUT2D eigenvalue weighted by atomic mass is 16.5. The van der Waals surface area contributed by atoms with Crippen LogP contribution in [0.2, 0.25) is 0 Å². The molecule has 10 heteroatoms. The molecule has 4 aromatic rings. The van der Waals surface area contributed by atoms with Crippen LogP contribution in [0, 0.1) is 5.92 Å². The molecule has 1 unspecified atom stereocenters. The molecule has 1 aliphatic carbocycles. The Bertz CT molecular complexity index is 1650. The number of pyridine rings is 1. The predicted molar refractivity (Wildman–Crippen MR) is 151 cm³/mol. The van der Waals surface area contributed by atoms with Crippen LogP contribution in [0.4, 0.5) is 11.6 Å². The normalized spacial score (nSPS) is 18.2. The third kappa shape index (κ3) is 5.62. The fourth-order valence-electron chi connectivity index (χ4n) is 5.35. The molecule has 40 heavy (non-hydrogen) atoms.